The van der Waals surface area contributed by atoms with Crippen LogP contribution in [0, 0.1) is 0 Å². The van der Waals surface area contributed by atoms with E-state index in [-0.39, 0.29) is 35.5 Å². The zero-order valence-corrected chi connectivity index (χ0v) is 22.0. The molecule has 14 heteroatoms. The van der Waals surface area contributed by atoms with E-state index < -0.39 is 0 Å². The van der Waals surface area contributed by atoms with Crippen LogP contribution in [-0.2, 0) is 11.2 Å². The van der Waals surface area contributed by atoms with Gasteiger partial charge in [-0.25, -0.2) is 9.97 Å². The second-order valence-corrected chi connectivity index (χ2v) is 8.88. The first-order chi connectivity index (χ1) is 19.0. The lowest BCUT2D eigenvalue weighted by Crippen LogP contribution is -2.21. The van der Waals surface area contributed by atoms with Crippen LogP contribution in [0.4, 0.5) is 23.4 Å². The summed E-state index contributed by atoms with van der Waals surface area (Å²) >= 11 is 1.29. The first kappa shape index (κ1) is 25.8. The van der Waals surface area contributed by atoms with Gasteiger partial charge in [0.15, 0.2) is 17.3 Å². The highest BCUT2D eigenvalue weighted by Gasteiger charge is 2.18. The van der Waals surface area contributed by atoms with Gasteiger partial charge in [-0.1, -0.05) is 35.6 Å². The quantitative estimate of drug-likeness (QED) is 0.126. The van der Waals surface area contributed by atoms with E-state index >= 15 is 0 Å². The highest BCUT2D eigenvalue weighted by Crippen LogP contribution is 2.36. The standard InChI is InChI=1S/C25H25N11O2S/c1-4-8-18-30-24(35-36(18)19-12-11-16-9-6-7-10-17(16)29-19)34-33-20-21(26)31-23(28-15(3)37-5-2)32-22(20)38-25-27-13-14-39-25/h4,6-7,9-15H,1,5,8H2,2-3H3,(H3,26,28,31,32). The molecule has 39 heavy (non-hydrogen) atoms. The molecule has 0 saturated carbocycles. The number of nitrogens with zero attached hydrogens (tertiary/aromatic N) is 9. The maximum atomic E-state index is 6.24. The van der Waals surface area contributed by atoms with Crippen molar-refractivity contribution in [3.05, 3.63) is 66.5 Å². The third-order valence-corrected chi connectivity index (χ3v) is 5.90. The van der Waals surface area contributed by atoms with Crippen molar-refractivity contribution in [1.82, 2.24) is 34.7 Å². The number of allylic oxidation sites excluding steroid dienone is 1. The second-order valence-electron chi connectivity index (χ2n) is 8.02. The summed E-state index contributed by atoms with van der Waals surface area (Å²) in [7, 11) is 0. The second kappa shape index (κ2) is 11.7. The summed E-state index contributed by atoms with van der Waals surface area (Å²) in [5.41, 5.74) is 7.17. The van der Waals surface area contributed by atoms with Gasteiger partial charge in [-0.3, -0.25) is 0 Å². The molecule has 1 aromatic carbocycles. The Kier molecular flexibility index (Phi) is 7.75. The number of ether oxygens (including phenoxy) is 2. The van der Waals surface area contributed by atoms with Crippen LogP contribution in [-0.4, -0.2) is 47.5 Å². The van der Waals surface area contributed by atoms with Gasteiger partial charge in [0, 0.05) is 30.0 Å². The molecule has 5 rings (SSSR count). The van der Waals surface area contributed by atoms with Crippen LogP contribution >= 0.6 is 11.3 Å². The van der Waals surface area contributed by atoms with E-state index in [0.717, 1.165) is 10.9 Å². The van der Waals surface area contributed by atoms with Gasteiger partial charge in [0.05, 0.1) is 5.52 Å². The topological polar surface area (TPSA) is 164 Å². The Morgan fingerprint density at radius 2 is 2.03 bits per heavy atom. The number of pyridine rings is 1. The minimum Gasteiger partial charge on any atom is -0.409 e. The average Bonchev–Trinajstić information content (AvgIpc) is 3.58. The zero-order valence-electron chi connectivity index (χ0n) is 21.2. The Balaban J connectivity index is 1.49. The molecule has 198 valence electrons. The minimum atomic E-state index is -0.352. The number of fused-ring (bicyclic) bond motifs is 1. The van der Waals surface area contributed by atoms with Gasteiger partial charge in [0.1, 0.15) is 12.1 Å². The normalized spacial score (nSPS) is 12.2. The van der Waals surface area contributed by atoms with Gasteiger partial charge in [0.2, 0.25) is 5.95 Å². The summed E-state index contributed by atoms with van der Waals surface area (Å²) in [5, 5.41) is 19.1. The van der Waals surface area contributed by atoms with Crippen LogP contribution in [0.1, 0.15) is 19.7 Å². The minimum absolute atomic E-state index is 0.0356. The van der Waals surface area contributed by atoms with Crippen molar-refractivity contribution in [2.75, 3.05) is 17.7 Å². The number of thiazole rings is 1. The van der Waals surface area contributed by atoms with E-state index in [2.05, 4.69) is 47.2 Å². The monoisotopic (exact) mass is 543 g/mol. The van der Waals surface area contributed by atoms with E-state index in [9.17, 15) is 0 Å². The molecule has 13 nitrogen and oxygen atoms in total. The van der Waals surface area contributed by atoms with Crippen LogP contribution in [0.15, 0.2) is 70.9 Å². The molecule has 0 bridgehead atoms. The molecule has 3 N–H and O–H groups in total. The van der Waals surface area contributed by atoms with Gasteiger partial charge in [-0.2, -0.15) is 19.6 Å². The number of nitrogens with one attached hydrogen (secondary N) is 1. The molecule has 4 heterocycles. The molecule has 0 spiro atoms. The fourth-order valence-electron chi connectivity index (χ4n) is 3.58. The lowest BCUT2D eigenvalue weighted by molar-refractivity contribution is 0.0955. The SMILES string of the molecule is C=CCc1nc(N=Nc2c(N)nc(NC(C)OCC)nc2Oc2nccs2)nn1-c1ccc2ccccc2n1. The third-order valence-electron chi connectivity index (χ3n) is 5.25. The molecule has 5 aromatic rings. The Hall–Kier alpha value is -4.82. The smallest absolute Gasteiger partial charge is 0.288 e. The van der Waals surface area contributed by atoms with E-state index in [4.69, 9.17) is 20.2 Å². The fraction of sp³-hybridized carbons (Fsp3) is 0.200. The van der Waals surface area contributed by atoms with Crippen molar-refractivity contribution in [1.29, 1.82) is 0 Å². The number of para-hydroxylation sites is 1. The fourth-order valence-corrected chi connectivity index (χ4v) is 4.07. The van der Waals surface area contributed by atoms with Crippen molar-refractivity contribution in [3.63, 3.8) is 0 Å². The number of hydrogen-bond acceptors (Lipinski definition) is 13. The van der Waals surface area contributed by atoms with E-state index in [0.29, 0.717) is 29.9 Å². The Labute approximate surface area is 227 Å². The lowest BCUT2D eigenvalue weighted by atomic mass is 10.2. The van der Waals surface area contributed by atoms with Gasteiger partial charge in [-0.05, 0) is 32.0 Å². The Bertz CT molecular complexity index is 1620. The summed E-state index contributed by atoms with van der Waals surface area (Å²) in [6, 6.07) is 11.7. The summed E-state index contributed by atoms with van der Waals surface area (Å²) in [4.78, 5) is 22.0. The average molecular weight is 544 g/mol. The van der Waals surface area contributed by atoms with E-state index in [1.807, 2.05) is 50.2 Å². The van der Waals surface area contributed by atoms with Crippen molar-refractivity contribution < 1.29 is 9.47 Å². The predicted molar refractivity (Wildman–Crippen MR) is 148 cm³/mol. The Morgan fingerprint density at radius 3 is 2.82 bits per heavy atom. The lowest BCUT2D eigenvalue weighted by Gasteiger charge is -2.15. The molecule has 0 radical (unpaired) electrons. The number of hydrogen-bond donors (Lipinski definition) is 2. The highest BCUT2D eigenvalue weighted by atomic mass is 32.1. The highest BCUT2D eigenvalue weighted by molar-refractivity contribution is 7.11. The van der Waals surface area contributed by atoms with Crippen molar-refractivity contribution in [3.8, 4) is 16.9 Å². The van der Waals surface area contributed by atoms with Crippen molar-refractivity contribution >= 4 is 45.6 Å². The summed E-state index contributed by atoms with van der Waals surface area (Å²) in [6.07, 6.45) is 3.43. The van der Waals surface area contributed by atoms with Crippen LogP contribution < -0.4 is 15.8 Å². The van der Waals surface area contributed by atoms with Crippen LogP contribution in [0.3, 0.4) is 0 Å². The molecule has 1 atom stereocenters. The molecule has 1 unspecified atom stereocenters. The third kappa shape index (κ3) is 6.02. The number of nitrogens with two attached hydrogens (primary N) is 1. The Morgan fingerprint density at radius 1 is 1.15 bits per heavy atom. The van der Waals surface area contributed by atoms with Gasteiger partial charge in [0.25, 0.3) is 17.0 Å². The first-order valence-electron chi connectivity index (χ1n) is 12.0. The summed E-state index contributed by atoms with van der Waals surface area (Å²) in [5.74, 6) is 1.58. The summed E-state index contributed by atoms with van der Waals surface area (Å²) < 4.78 is 13.0. The van der Waals surface area contributed by atoms with E-state index in [1.54, 1.807) is 22.3 Å². The van der Waals surface area contributed by atoms with Gasteiger partial charge < -0.3 is 20.5 Å². The molecule has 0 aliphatic carbocycles. The van der Waals surface area contributed by atoms with Crippen molar-refractivity contribution in [2.45, 2.75) is 26.5 Å². The van der Waals surface area contributed by atoms with Crippen LogP contribution in [0.5, 0.6) is 11.1 Å². The largest absolute Gasteiger partial charge is 0.409 e. The molecule has 0 fully saturated rings. The first-order valence-corrected chi connectivity index (χ1v) is 12.9. The number of rotatable bonds is 11. The molecule has 0 aliphatic rings. The number of nitrogen functional groups attached to an aromatic ring is 1. The van der Waals surface area contributed by atoms with Crippen LogP contribution in [0.25, 0.3) is 16.7 Å². The van der Waals surface area contributed by atoms with Gasteiger partial charge >= 0.3 is 0 Å². The molecular formula is C25H25N11O2S. The van der Waals surface area contributed by atoms with Crippen molar-refractivity contribution in [2.24, 2.45) is 10.2 Å². The maximum absolute atomic E-state index is 6.24. The summed E-state index contributed by atoms with van der Waals surface area (Å²) in [6.45, 7) is 8.05. The molecule has 0 amide bonds. The molecular weight excluding hydrogens is 518 g/mol. The maximum Gasteiger partial charge on any atom is 0.288 e. The predicted octanol–water partition coefficient (Wildman–Crippen LogP) is 5.37. The zero-order chi connectivity index (χ0) is 27.2. The molecule has 0 saturated heterocycles. The van der Waals surface area contributed by atoms with Crippen LogP contribution in [0.2, 0.25) is 0 Å². The van der Waals surface area contributed by atoms with Gasteiger partial charge in [-0.15, -0.1) is 21.9 Å². The number of benzene rings is 1. The molecule has 4 aromatic heterocycles. The number of azo groups is 1. The number of anilines is 2. The molecule has 0 aliphatic heterocycles. The number of aromatic nitrogens is 7. The van der Waals surface area contributed by atoms with E-state index in [1.165, 1.54) is 11.3 Å².